The number of amides is 2. The Morgan fingerprint density at radius 2 is 2.04 bits per heavy atom. The van der Waals surface area contributed by atoms with Gasteiger partial charge in [-0.2, -0.15) is 5.10 Å². The van der Waals surface area contributed by atoms with E-state index < -0.39 is 0 Å². The number of Topliss-reactive ketones (excluding diaryl/α,β-unsaturated/α-hetero) is 1. The topological polar surface area (TPSA) is 84.3 Å². The molecule has 1 fully saturated rings. The molecule has 2 aromatic rings. The van der Waals surface area contributed by atoms with Gasteiger partial charge >= 0.3 is 0 Å². The summed E-state index contributed by atoms with van der Waals surface area (Å²) in [5.74, 6) is -0.0511. The Bertz CT molecular complexity index is 932. The van der Waals surface area contributed by atoms with Crippen molar-refractivity contribution in [2.24, 2.45) is 0 Å². The summed E-state index contributed by atoms with van der Waals surface area (Å²) in [5.41, 5.74) is 3.55. The van der Waals surface area contributed by atoms with E-state index in [9.17, 15) is 14.4 Å². The fourth-order valence-corrected chi connectivity index (χ4v) is 3.81. The van der Waals surface area contributed by atoms with Crippen LogP contribution in [0.5, 0.6) is 0 Å². The first-order chi connectivity index (χ1) is 13.3. The highest BCUT2D eigenvalue weighted by atomic mass is 16.2. The van der Waals surface area contributed by atoms with E-state index in [0.717, 1.165) is 17.8 Å². The number of hydrogen-bond donors (Lipinski definition) is 1. The molecule has 28 heavy (non-hydrogen) atoms. The van der Waals surface area contributed by atoms with Crippen LogP contribution in [0.4, 0.5) is 11.4 Å². The summed E-state index contributed by atoms with van der Waals surface area (Å²) in [6.45, 7) is 7.58. The lowest BCUT2D eigenvalue weighted by atomic mass is 10.1. The van der Waals surface area contributed by atoms with Gasteiger partial charge in [0.1, 0.15) is 0 Å². The van der Waals surface area contributed by atoms with Gasteiger partial charge in [0.2, 0.25) is 11.8 Å². The number of aryl methyl sites for hydroxylation is 2. The molecular weight excluding hydrogens is 356 g/mol. The molecule has 2 heterocycles. The van der Waals surface area contributed by atoms with Crippen LogP contribution < -0.4 is 10.2 Å². The van der Waals surface area contributed by atoms with Crippen molar-refractivity contribution in [2.45, 2.75) is 59.5 Å². The van der Waals surface area contributed by atoms with Crippen molar-refractivity contribution in [3.05, 3.63) is 41.2 Å². The predicted molar refractivity (Wildman–Crippen MR) is 108 cm³/mol. The van der Waals surface area contributed by atoms with Gasteiger partial charge in [-0.05, 0) is 52.3 Å². The molecule has 1 aliphatic rings. The molecule has 148 valence electrons. The summed E-state index contributed by atoms with van der Waals surface area (Å²) in [6, 6.07) is 7.52. The second-order valence-corrected chi connectivity index (χ2v) is 7.33. The second-order valence-electron chi connectivity index (χ2n) is 7.33. The third-order valence-corrected chi connectivity index (χ3v) is 5.18. The second kappa shape index (κ2) is 7.96. The number of nitrogens with zero attached hydrogens (tertiary/aromatic N) is 3. The molecule has 0 radical (unpaired) electrons. The summed E-state index contributed by atoms with van der Waals surface area (Å²) < 4.78 is 1.70. The minimum atomic E-state index is -0.144. The van der Waals surface area contributed by atoms with Crippen LogP contribution in [0.2, 0.25) is 0 Å². The van der Waals surface area contributed by atoms with E-state index in [4.69, 9.17) is 0 Å². The molecule has 1 atom stereocenters. The quantitative estimate of drug-likeness (QED) is 0.777. The smallest absolute Gasteiger partial charge is 0.227 e. The van der Waals surface area contributed by atoms with E-state index in [1.807, 2.05) is 38.1 Å². The van der Waals surface area contributed by atoms with Crippen LogP contribution in [0, 0.1) is 13.8 Å². The number of benzene rings is 1. The normalized spacial score (nSPS) is 16.5. The van der Waals surface area contributed by atoms with Crippen LogP contribution in [0.15, 0.2) is 24.3 Å². The molecule has 1 aromatic heterocycles. The lowest BCUT2D eigenvalue weighted by Gasteiger charge is -2.22. The van der Waals surface area contributed by atoms with Crippen LogP contribution in [0.3, 0.4) is 0 Å². The fourth-order valence-electron chi connectivity index (χ4n) is 3.81. The molecule has 0 bridgehead atoms. The zero-order valence-corrected chi connectivity index (χ0v) is 16.8. The van der Waals surface area contributed by atoms with Gasteiger partial charge in [-0.15, -0.1) is 0 Å². The van der Waals surface area contributed by atoms with Crippen LogP contribution in [0.25, 0.3) is 0 Å². The summed E-state index contributed by atoms with van der Waals surface area (Å²) in [6.07, 6.45) is 1.64. The highest BCUT2D eigenvalue weighted by molar-refractivity contribution is 5.98. The van der Waals surface area contributed by atoms with Gasteiger partial charge in [0.25, 0.3) is 0 Å². The Morgan fingerprint density at radius 1 is 1.29 bits per heavy atom. The van der Waals surface area contributed by atoms with E-state index >= 15 is 0 Å². The van der Waals surface area contributed by atoms with Crippen LogP contribution in [-0.4, -0.2) is 33.4 Å². The minimum Gasteiger partial charge on any atom is -0.326 e. The molecule has 0 aliphatic carbocycles. The molecule has 1 aliphatic heterocycles. The Kier molecular flexibility index (Phi) is 5.63. The molecule has 1 N–H and O–H groups in total. The summed E-state index contributed by atoms with van der Waals surface area (Å²) in [7, 11) is 0. The molecule has 3 rings (SSSR count). The van der Waals surface area contributed by atoms with Crippen LogP contribution in [0.1, 0.15) is 54.9 Å². The number of anilines is 2. The Morgan fingerprint density at radius 3 is 2.64 bits per heavy atom. The monoisotopic (exact) mass is 382 g/mol. The molecule has 7 heteroatoms. The van der Waals surface area contributed by atoms with Crippen molar-refractivity contribution in [3.63, 3.8) is 0 Å². The maximum Gasteiger partial charge on any atom is 0.227 e. The van der Waals surface area contributed by atoms with Gasteiger partial charge in [0.05, 0.1) is 11.3 Å². The number of carbonyl (C=O) groups excluding carboxylic acids is 3. The third kappa shape index (κ3) is 3.98. The van der Waals surface area contributed by atoms with Gasteiger partial charge < -0.3 is 10.2 Å². The molecule has 1 saturated heterocycles. The van der Waals surface area contributed by atoms with Crippen molar-refractivity contribution in [2.75, 3.05) is 10.2 Å². The van der Waals surface area contributed by atoms with Crippen molar-refractivity contribution in [3.8, 4) is 0 Å². The van der Waals surface area contributed by atoms with E-state index in [2.05, 4.69) is 10.4 Å². The average molecular weight is 382 g/mol. The van der Waals surface area contributed by atoms with Crippen LogP contribution >= 0.6 is 0 Å². The van der Waals surface area contributed by atoms with E-state index in [0.29, 0.717) is 29.9 Å². The maximum absolute atomic E-state index is 12.4. The number of aromatic nitrogens is 2. The standard InChI is InChI=1S/C21H26N4O3/c1-13-8-9-20(28)25(13)18-7-5-6-17(12-18)22-19(27)10-11-24-15(3)21(16(4)26)14(2)23-24/h5-7,12-13H,8-11H2,1-4H3,(H,22,27). The zero-order chi connectivity index (χ0) is 20.4. The number of rotatable bonds is 6. The average Bonchev–Trinajstić information content (AvgIpc) is 3.11. The molecule has 1 aromatic carbocycles. The first-order valence-electron chi connectivity index (χ1n) is 9.55. The van der Waals surface area contributed by atoms with E-state index in [1.54, 1.807) is 16.5 Å². The van der Waals surface area contributed by atoms with E-state index in [-0.39, 0.29) is 30.1 Å². The molecule has 7 nitrogen and oxygen atoms in total. The molecular formula is C21H26N4O3. The number of hydrogen-bond acceptors (Lipinski definition) is 4. The molecule has 0 saturated carbocycles. The lowest BCUT2D eigenvalue weighted by Crippen LogP contribution is -2.30. The Hall–Kier alpha value is -2.96. The maximum atomic E-state index is 12.4. The van der Waals surface area contributed by atoms with Crippen molar-refractivity contribution >= 4 is 29.0 Å². The highest BCUT2D eigenvalue weighted by Gasteiger charge is 2.28. The zero-order valence-electron chi connectivity index (χ0n) is 16.8. The van der Waals surface area contributed by atoms with Gasteiger partial charge in [-0.3, -0.25) is 19.1 Å². The first-order valence-corrected chi connectivity index (χ1v) is 9.55. The molecule has 0 spiro atoms. The third-order valence-electron chi connectivity index (χ3n) is 5.18. The summed E-state index contributed by atoms with van der Waals surface area (Å²) >= 11 is 0. The molecule has 2 amide bonds. The Labute approximate surface area is 164 Å². The largest absolute Gasteiger partial charge is 0.326 e. The van der Waals surface area contributed by atoms with Crippen molar-refractivity contribution in [1.29, 1.82) is 0 Å². The summed E-state index contributed by atoms with van der Waals surface area (Å²) in [4.78, 5) is 38.0. The molecule has 1 unspecified atom stereocenters. The SMILES string of the molecule is CC(=O)c1c(C)nn(CCC(=O)Nc2cccc(N3C(=O)CCC3C)c2)c1C. The van der Waals surface area contributed by atoms with E-state index in [1.165, 1.54) is 6.92 Å². The lowest BCUT2D eigenvalue weighted by molar-refractivity contribution is -0.117. The number of ketones is 1. The van der Waals surface area contributed by atoms with Crippen molar-refractivity contribution < 1.29 is 14.4 Å². The van der Waals surface area contributed by atoms with Gasteiger partial charge in [-0.1, -0.05) is 6.07 Å². The number of nitrogens with one attached hydrogen (secondary N) is 1. The van der Waals surface area contributed by atoms with Crippen LogP contribution in [-0.2, 0) is 16.1 Å². The van der Waals surface area contributed by atoms with Crippen molar-refractivity contribution in [1.82, 2.24) is 9.78 Å². The highest BCUT2D eigenvalue weighted by Crippen LogP contribution is 2.28. The first kappa shape index (κ1) is 19.8. The Balaban J connectivity index is 1.64. The van der Waals surface area contributed by atoms with Gasteiger partial charge in [0, 0.05) is 42.5 Å². The summed E-state index contributed by atoms with van der Waals surface area (Å²) in [5, 5.41) is 7.25. The predicted octanol–water partition coefficient (Wildman–Crippen LogP) is 3.25. The fraction of sp³-hybridized carbons (Fsp3) is 0.429. The minimum absolute atomic E-state index is 0.0202. The van der Waals surface area contributed by atoms with Gasteiger partial charge in [-0.25, -0.2) is 0 Å². The van der Waals surface area contributed by atoms with Gasteiger partial charge in [0.15, 0.2) is 5.78 Å². The number of carbonyl (C=O) groups is 3.